The van der Waals surface area contributed by atoms with Crippen LogP contribution in [0.5, 0.6) is 0 Å². The lowest BCUT2D eigenvalue weighted by molar-refractivity contribution is -0.276. The first kappa shape index (κ1) is 16.4. The van der Waals surface area contributed by atoms with Crippen LogP contribution >= 0.6 is 0 Å². The van der Waals surface area contributed by atoms with Crippen molar-refractivity contribution in [2.75, 3.05) is 6.61 Å². The van der Waals surface area contributed by atoms with Gasteiger partial charge < -0.3 is 14.6 Å². The van der Waals surface area contributed by atoms with E-state index in [4.69, 9.17) is 9.47 Å². The molecule has 0 aromatic heterocycles. The number of aliphatic hydroxyl groups excluding tert-OH is 1. The lowest BCUT2D eigenvalue weighted by Gasteiger charge is -2.66. The van der Waals surface area contributed by atoms with Gasteiger partial charge in [0.25, 0.3) is 0 Å². The zero-order valence-corrected chi connectivity index (χ0v) is 15.5. The van der Waals surface area contributed by atoms with E-state index >= 15 is 0 Å². The highest BCUT2D eigenvalue weighted by molar-refractivity contribution is 5.13. The molecule has 2 heterocycles. The molecule has 7 atom stereocenters. The van der Waals surface area contributed by atoms with Crippen molar-refractivity contribution in [2.24, 2.45) is 22.7 Å². The third-order valence-corrected chi connectivity index (χ3v) is 8.38. The van der Waals surface area contributed by atoms with E-state index in [1.807, 2.05) is 0 Å². The van der Waals surface area contributed by atoms with Crippen molar-refractivity contribution < 1.29 is 14.6 Å². The summed E-state index contributed by atoms with van der Waals surface area (Å²) in [4.78, 5) is 0. The number of aliphatic hydroxyl groups is 1. The molecule has 4 rings (SSSR count). The molecule has 0 aromatic rings. The lowest BCUT2D eigenvalue weighted by Crippen LogP contribution is -2.65. The van der Waals surface area contributed by atoms with Gasteiger partial charge in [-0.1, -0.05) is 20.8 Å². The summed E-state index contributed by atoms with van der Waals surface area (Å²) < 4.78 is 12.4. The van der Waals surface area contributed by atoms with Crippen LogP contribution in [0.2, 0.25) is 0 Å². The third kappa shape index (κ3) is 2.19. The van der Waals surface area contributed by atoms with Crippen molar-refractivity contribution in [2.45, 2.75) is 96.6 Å². The van der Waals surface area contributed by atoms with Crippen LogP contribution in [0.15, 0.2) is 0 Å². The van der Waals surface area contributed by atoms with Crippen LogP contribution in [0.25, 0.3) is 0 Å². The van der Waals surface area contributed by atoms with E-state index in [2.05, 4.69) is 34.6 Å². The van der Waals surface area contributed by atoms with Gasteiger partial charge in [0.2, 0.25) is 0 Å². The van der Waals surface area contributed by atoms with Crippen molar-refractivity contribution in [3.63, 3.8) is 0 Å². The molecular formula is C20H34O3. The van der Waals surface area contributed by atoms with E-state index in [0.29, 0.717) is 23.4 Å². The van der Waals surface area contributed by atoms with Gasteiger partial charge in [-0.3, -0.25) is 0 Å². The highest BCUT2D eigenvalue weighted by atomic mass is 16.6. The fourth-order valence-electron chi connectivity index (χ4n) is 6.90. The lowest BCUT2D eigenvalue weighted by atomic mass is 9.44. The van der Waals surface area contributed by atoms with Gasteiger partial charge in [-0.2, -0.15) is 0 Å². The van der Waals surface area contributed by atoms with Crippen LogP contribution in [-0.4, -0.2) is 35.1 Å². The number of rotatable bonds is 1. The predicted molar refractivity (Wildman–Crippen MR) is 90.2 cm³/mol. The molecule has 4 fully saturated rings. The van der Waals surface area contributed by atoms with Crippen LogP contribution < -0.4 is 0 Å². The molecular weight excluding hydrogens is 288 g/mol. The van der Waals surface area contributed by atoms with Gasteiger partial charge >= 0.3 is 0 Å². The Bertz CT molecular complexity index is 499. The summed E-state index contributed by atoms with van der Waals surface area (Å²) in [6.45, 7) is 12.6. The normalized spacial score (nSPS) is 58.2. The molecule has 0 spiro atoms. The number of fused-ring (bicyclic) bond motifs is 3. The van der Waals surface area contributed by atoms with Crippen molar-refractivity contribution >= 4 is 0 Å². The highest BCUT2D eigenvalue weighted by Crippen LogP contribution is 2.66. The molecule has 4 aliphatic rings. The summed E-state index contributed by atoms with van der Waals surface area (Å²) >= 11 is 0. The van der Waals surface area contributed by atoms with Crippen LogP contribution in [0, 0.1) is 22.7 Å². The minimum atomic E-state index is -0.153. The fraction of sp³-hybridized carbons (Fsp3) is 1.00. The minimum absolute atomic E-state index is 0.0225. The molecule has 0 radical (unpaired) electrons. The van der Waals surface area contributed by atoms with Crippen molar-refractivity contribution in [3.05, 3.63) is 0 Å². The third-order valence-electron chi connectivity index (χ3n) is 8.38. The summed E-state index contributed by atoms with van der Waals surface area (Å²) in [5.41, 5.74) is 0.205. The second-order valence-corrected chi connectivity index (χ2v) is 10.1. The predicted octanol–water partition coefficient (Wildman–Crippen LogP) is 3.93. The first-order valence-corrected chi connectivity index (χ1v) is 9.62. The Morgan fingerprint density at radius 1 is 0.826 bits per heavy atom. The van der Waals surface area contributed by atoms with E-state index in [-0.39, 0.29) is 22.7 Å². The molecule has 0 bridgehead atoms. The zero-order chi connectivity index (χ0) is 16.7. The maximum Gasteiger partial charge on any atom is 0.110 e. The van der Waals surface area contributed by atoms with E-state index in [0.717, 1.165) is 32.3 Å². The molecule has 0 aromatic carbocycles. The zero-order valence-electron chi connectivity index (χ0n) is 15.5. The second-order valence-electron chi connectivity index (χ2n) is 10.1. The number of hydrogen-bond acceptors (Lipinski definition) is 3. The van der Waals surface area contributed by atoms with E-state index in [1.165, 1.54) is 12.8 Å². The van der Waals surface area contributed by atoms with Crippen molar-refractivity contribution in [3.8, 4) is 0 Å². The van der Waals surface area contributed by atoms with Crippen LogP contribution in [0.1, 0.15) is 73.1 Å². The van der Waals surface area contributed by atoms with Gasteiger partial charge in [0, 0.05) is 0 Å². The first-order valence-electron chi connectivity index (χ1n) is 9.62. The Balaban J connectivity index is 1.65. The Hall–Kier alpha value is -0.120. The minimum Gasteiger partial charge on any atom is -0.393 e. The Kier molecular flexibility index (Phi) is 3.37. The standard InChI is InChI=1S/C20H34O3/c1-17(2)13-6-10-19(4)14(18(13,3)9-8-15(17)21)7-11-20(5,23-19)16-12-22-16/h13-16,21H,6-12H2,1-5H3/t13-,14+,15?,16+,18-,19+,20-/m1/s1. The molecule has 23 heavy (non-hydrogen) atoms. The smallest absolute Gasteiger partial charge is 0.110 e. The van der Waals surface area contributed by atoms with E-state index in [1.54, 1.807) is 0 Å². The molecule has 3 heteroatoms. The Morgan fingerprint density at radius 3 is 2.09 bits per heavy atom. The maximum atomic E-state index is 10.6. The summed E-state index contributed by atoms with van der Waals surface area (Å²) in [6, 6.07) is 0. The van der Waals surface area contributed by atoms with Crippen LogP contribution in [0.4, 0.5) is 0 Å². The Labute approximate surface area is 141 Å². The topological polar surface area (TPSA) is 42.0 Å². The van der Waals surface area contributed by atoms with Gasteiger partial charge in [-0.05, 0) is 75.0 Å². The van der Waals surface area contributed by atoms with Gasteiger partial charge in [-0.25, -0.2) is 0 Å². The molecule has 2 aliphatic heterocycles. The maximum absolute atomic E-state index is 10.6. The van der Waals surface area contributed by atoms with Gasteiger partial charge in [-0.15, -0.1) is 0 Å². The van der Waals surface area contributed by atoms with Crippen LogP contribution in [-0.2, 0) is 9.47 Å². The average Bonchev–Trinajstić information content (AvgIpc) is 3.27. The molecule has 1 N–H and O–H groups in total. The number of ether oxygens (including phenoxy) is 2. The molecule has 0 amide bonds. The van der Waals surface area contributed by atoms with E-state index < -0.39 is 0 Å². The molecule has 2 saturated carbocycles. The van der Waals surface area contributed by atoms with Gasteiger partial charge in [0.1, 0.15) is 6.10 Å². The summed E-state index contributed by atoms with van der Waals surface area (Å²) in [7, 11) is 0. The van der Waals surface area contributed by atoms with Gasteiger partial charge in [0.05, 0.1) is 23.9 Å². The highest BCUT2D eigenvalue weighted by Gasteiger charge is 2.64. The molecule has 2 aliphatic carbocycles. The summed E-state index contributed by atoms with van der Waals surface area (Å²) in [5.74, 6) is 1.20. The first-order chi connectivity index (χ1) is 10.6. The Morgan fingerprint density at radius 2 is 1.43 bits per heavy atom. The second kappa shape index (κ2) is 4.74. The number of hydrogen-bond donors (Lipinski definition) is 1. The van der Waals surface area contributed by atoms with E-state index in [9.17, 15) is 5.11 Å². The van der Waals surface area contributed by atoms with Crippen LogP contribution in [0.3, 0.4) is 0 Å². The quantitative estimate of drug-likeness (QED) is 0.744. The SMILES string of the molecule is CC1(C)C(O)CC[C@]2(C)[C@@H]1CC[C@]1(C)O[C@@](C)([C@@H]3CO3)CC[C@@H]21. The van der Waals surface area contributed by atoms with Crippen molar-refractivity contribution in [1.82, 2.24) is 0 Å². The fourth-order valence-corrected chi connectivity index (χ4v) is 6.90. The molecule has 3 nitrogen and oxygen atoms in total. The summed E-state index contributed by atoms with van der Waals surface area (Å²) in [6.07, 6.45) is 6.90. The largest absolute Gasteiger partial charge is 0.393 e. The molecule has 2 saturated heterocycles. The van der Waals surface area contributed by atoms with Crippen molar-refractivity contribution in [1.29, 1.82) is 0 Å². The monoisotopic (exact) mass is 322 g/mol. The molecule has 1 unspecified atom stereocenters. The average molecular weight is 322 g/mol. The number of epoxide rings is 1. The van der Waals surface area contributed by atoms with Gasteiger partial charge in [0.15, 0.2) is 0 Å². The molecule has 132 valence electrons. The summed E-state index contributed by atoms with van der Waals surface area (Å²) in [5, 5.41) is 10.6.